The number of aliphatic hydroxyl groups excluding tert-OH is 2. The van der Waals surface area contributed by atoms with Gasteiger partial charge in [0.25, 0.3) is 11.8 Å². The van der Waals surface area contributed by atoms with Gasteiger partial charge in [-0.2, -0.15) is 0 Å². The summed E-state index contributed by atoms with van der Waals surface area (Å²) in [5.41, 5.74) is 2.69. The highest BCUT2D eigenvalue weighted by Crippen LogP contribution is 2.16. The van der Waals surface area contributed by atoms with E-state index in [-0.39, 0.29) is 11.8 Å². The number of aliphatic hydroxyl groups is 2. The fourth-order valence-electron chi connectivity index (χ4n) is 4.41. The van der Waals surface area contributed by atoms with Gasteiger partial charge in [-0.25, -0.2) is 0 Å². The fraction of sp³-hybridized carbons (Fsp3) is 0.188. The van der Waals surface area contributed by atoms with Crippen molar-refractivity contribution in [2.45, 2.75) is 37.1 Å². The molecule has 6 nitrogen and oxygen atoms in total. The van der Waals surface area contributed by atoms with Crippen LogP contribution in [0.3, 0.4) is 0 Å². The maximum Gasteiger partial charge on any atom is 0.251 e. The lowest BCUT2D eigenvalue weighted by molar-refractivity contribution is -0.0219. The van der Waals surface area contributed by atoms with Crippen LogP contribution in [0.2, 0.25) is 0 Å². The summed E-state index contributed by atoms with van der Waals surface area (Å²) in [5.74, 6) is -0.712. The lowest BCUT2D eigenvalue weighted by Crippen LogP contribution is -2.57. The molecule has 4 aromatic rings. The van der Waals surface area contributed by atoms with Gasteiger partial charge < -0.3 is 20.8 Å². The molecule has 4 atom stereocenters. The third-order valence-corrected chi connectivity index (χ3v) is 6.48. The van der Waals surface area contributed by atoms with Gasteiger partial charge in [0.05, 0.1) is 12.1 Å². The van der Waals surface area contributed by atoms with Gasteiger partial charge >= 0.3 is 0 Å². The van der Waals surface area contributed by atoms with Gasteiger partial charge in [0.1, 0.15) is 12.2 Å². The van der Waals surface area contributed by atoms with E-state index in [1.165, 1.54) is 0 Å². The lowest BCUT2D eigenvalue weighted by atomic mass is 9.90. The Morgan fingerprint density at radius 2 is 0.789 bits per heavy atom. The van der Waals surface area contributed by atoms with E-state index in [1.807, 2.05) is 72.8 Å². The van der Waals surface area contributed by atoms with Gasteiger partial charge in [-0.15, -0.1) is 0 Å². The van der Waals surface area contributed by atoms with E-state index in [1.54, 1.807) is 48.5 Å². The standard InChI is InChI=1S/C32H32N2O4/c35-29(27(21-23-13-5-1-6-14-23)33-31(37)25-17-9-3-10-18-25)30(36)28(22-24-15-7-2-8-16-24)34-32(38)26-19-11-4-12-20-26/h1-20,27-30,35-36H,21-22H2,(H,33,37)(H,34,38)/t27-,28+,29+,30-. The zero-order valence-electron chi connectivity index (χ0n) is 21.0. The Bertz CT molecular complexity index is 1180. The minimum absolute atomic E-state index is 0.294. The quantitative estimate of drug-likeness (QED) is 0.248. The average Bonchev–Trinajstić information content (AvgIpc) is 2.97. The summed E-state index contributed by atoms with van der Waals surface area (Å²) in [6.07, 6.45) is -2.15. The highest BCUT2D eigenvalue weighted by atomic mass is 16.3. The van der Waals surface area contributed by atoms with Crippen molar-refractivity contribution in [3.05, 3.63) is 144 Å². The van der Waals surface area contributed by atoms with Crippen molar-refractivity contribution in [3.63, 3.8) is 0 Å². The molecule has 4 aromatic carbocycles. The molecule has 0 aliphatic carbocycles. The Hall–Kier alpha value is -4.26. The normalized spacial score (nSPS) is 14.1. The molecular weight excluding hydrogens is 476 g/mol. The van der Waals surface area contributed by atoms with Crippen LogP contribution in [0.4, 0.5) is 0 Å². The first-order chi connectivity index (χ1) is 18.5. The molecule has 38 heavy (non-hydrogen) atoms. The monoisotopic (exact) mass is 508 g/mol. The number of nitrogens with one attached hydrogen (secondary N) is 2. The second kappa shape index (κ2) is 13.3. The number of benzene rings is 4. The predicted octanol–water partition coefficient (Wildman–Crippen LogP) is 3.79. The average molecular weight is 509 g/mol. The Balaban J connectivity index is 1.59. The fourth-order valence-corrected chi connectivity index (χ4v) is 4.41. The molecule has 0 aliphatic heterocycles. The molecule has 0 unspecified atom stereocenters. The van der Waals surface area contributed by atoms with E-state index in [0.29, 0.717) is 24.0 Å². The molecule has 2 amide bonds. The number of carbonyl (C=O) groups excluding carboxylic acids is 2. The highest BCUT2D eigenvalue weighted by Gasteiger charge is 2.34. The van der Waals surface area contributed by atoms with Crippen molar-refractivity contribution in [2.75, 3.05) is 0 Å². The minimum Gasteiger partial charge on any atom is -0.388 e. The summed E-state index contributed by atoms with van der Waals surface area (Å²) < 4.78 is 0. The Kier molecular flexibility index (Phi) is 9.40. The van der Waals surface area contributed by atoms with Crippen molar-refractivity contribution in [1.29, 1.82) is 0 Å². The molecule has 0 heterocycles. The molecule has 0 saturated heterocycles. The first-order valence-corrected chi connectivity index (χ1v) is 12.7. The van der Waals surface area contributed by atoms with Crippen molar-refractivity contribution >= 4 is 11.8 Å². The number of hydrogen-bond donors (Lipinski definition) is 4. The first-order valence-electron chi connectivity index (χ1n) is 12.7. The molecule has 0 aromatic heterocycles. The molecule has 4 N–H and O–H groups in total. The van der Waals surface area contributed by atoms with Crippen LogP contribution in [0.5, 0.6) is 0 Å². The first kappa shape index (κ1) is 26.8. The van der Waals surface area contributed by atoms with Crippen LogP contribution in [0, 0.1) is 0 Å². The molecule has 0 fully saturated rings. The third-order valence-electron chi connectivity index (χ3n) is 6.48. The molecule has 0 saturated carbocycles. The van der Waals surface area contributed by atoms with E-state index in [4.69, 9.17) is 0 Å². The Morgan fingerprint density at radius 3 is 1.11 bits per heavy atom. The topological polar surface area (TPSA) is 98.7 Å². The number of amides is 2. The van der Waals surface area contributed by atoms with Crippen LogP contribution in [-0.4, -0.2) is 46.3 Å². The Labute approximate surface area is 223 Å². The van der Waals surface area contributed by atoms with Crippen molar-refractivity contribution in [2.24, 2.45) is 0 Å². The van der Waals surface area contributed by atoms with E-state index in [9.17, 15) is 19.8 Å². The summed E-state index contributed by atoms with van der Waals surface area (Å²) in [6.45, 7) is 0. The SMILES string of the molecule is O=C(N[C@@H](Cc1ccccc1)[C@@H](O)[C@@H](O)[C@@H](Cc1ccccc1)NC(=O)c1ccccc1)c1ccccc1. The molecule has 0 spiro atoms. The van der Waals surface area contributed by atoms with E-state index in [0.717, 1.165) is 11.1 Å². The number of hydrogen-bond acceptors (Lipinski definition) is 4. The molecule has 6 heteroatoms. The van der Waals surface area contributed by atoms with Gasteiger partial charge in [-0.1, -0.05) is 97.1 Å². The van der Waals surface area contributed by atoms with Crippen molar-refractivity contribution < 1.29 is 19.8 Å². The lowest BCUT2D eigenvalue weighted by Gasteiger charge is -2.33. The molecule has 0 radical (unpaired) electrons. The van der Waals surface area contributed by atoms with E-state index in [2.05, 4.69) is 10.6 Å². The van der Waals surface area contributed by atoms with Gasteiger partial charge in [0.15, 0.2) is 0 Å². The zero-order chi connectivity index (χ0) is 26.7. The number of rotatable bonds is 11. The van der Waals surface area contributed by atoms with Gasteiger partial charge in [-0.05, 0) is 48.2 Å². The minimum atomic E-state index is -1.37. The highest BCUT2D eigenvalue weighted by molar-refractivity contribution is 5.95. The second-order valence-electron chi connectivity index (χ2n) is 9.25. The van der Waals surface area contributed by atoms with Crippen LogP contribution in [0.25, 0.3) is 0 Å². The smallest absolute Gasteiger partial charge is 0.251 e. The maximum atomic E-state index is 13.0. The maximum absolute atomic E-state index is 13.0. The zero-order valence-corrected chi connectivity index (χ0v) is 21.0. The summed E-state index contributed by atoms with van der Waals surface area (Å²) in [7, 11) is 0. The number of carbonyl (C=O) groups is 2. The predicted molar refractivity (Wildman–Crippen MR) is 148 cm³/mol. The van der Waals surface area contributed by atoms with Gasteiger partial charge in [-0.3, -0.25) is 9.59 Å². The van der Waals surface area contributed by atoms with Crippen molar-refractivity contribution in [3.8, 4) is 0 Å². The van der Waals surface area contributed by atoms with Crippen LogP contribution in [0.15, 0.2) is 121 Å². The van der Waals surface area contributed by atoms with Gasteiger partial charge in [0.2, 0.25) is 0 Å². The Morgan fingerprint density at radius 1 is 0.500 bits per heavy atom. The van der Waals surface area contributed by atoms with E-state index >= 15 is 0 Å². The largest absolute Gasteiger partial charge is 0.388 e. The summed E-state index contributed by atoms with van der Waals surface area (Å²) in [6, 6.07) is 34.8. The third kappa shape index (κ3) is 7.38. The summed E-state index contributed by atoms with van der Waals surface area (Å²) in [4.78, 5) is 26.0. The molecular formula is C32H32N2O4. The van der Waals surface area contributed by atoms with Crippen LogP contribution < -0.4 is 10.6 Å². The molecule has 194 valence electrons. The second-order valence-corrected chi connectivity index (χ2v) is 9.25. The van der Waals surface area contributed by atoms with Crippen molar-refractivity contribution in [1.82, 2.24) is 10.6 Å². The molecule has 0 bridgehead atoms. The molecule has 4 rings (SSSR count). The summed E-state index contributed by atoms with van der Waals surface area (Å²) in [5, 5.41) is 28.7. The van der Waals surface area contributed by atoms with Crippen LogP contribution in [0.1, 0.15) is 31.8 Å². The summed E-state index contributed by atoms with van der Waals surface area (Å²) >= 11 is 0. The van der Waals surface area contributed by atoms with E-state index < -0.39 is 24.3 Å². The van der Waals surface area contributed by atoms with Crippen LogP contribution in [-0.2, 0) is 12.8 Å². The van der Waals surface area contributed by atoms with Gasteiger partial charge in [0, 0.05) is 11.1 Å². The van der Waals surface area contributed by atoms with Crippen LogP contribution >= 0.6 is 0 Å². The molecule has 0 aliphatic rings.